The second-order valence-corrected chi connectivity index (χ2v) is 8.33. The summed E-state index contributed by atoms with van der Waals surface area (Å²) in [6.07, 6.45) is 15.0. The predicted molar refractivity (Wildman–Crippen MR) is 111 cm³/mol. The number of oxime groups is 1. The number of likely N-dealkylation sites (tertiary alicyclic amines) is 1. The molecule has 2 aliphatic carbocycles. The number of allylic oxidation sites excluding steroid dienone is 3. The molecule has 1 saturated heterocycles. The maximum Gasteiger partial charge on any atom is 0.136 e. The Balaban J connectivity index is 1.45. The molecule has 0 N–H and O–H groups in total. The van der Waals surface area contributed by atoms with Crippen molar-refractivity contribution >= 4 is 11.5 Å². The van der Waals surface area contributed by atoms with E-state index in [1.165, 1.54) is 43.5 Å². The smallest absolute Gasteiger partial charge is 0.136 e. The van der Waals surface area contributed by atoms with Gasteiger partial charge in [-0.25, -0.2) is 0 Å². The van der Waals surface area contributed by atoms with Crippen molar-refractivity contribution in [3.63, 3.8) is 0 Å². The lowest BCUT2D eigenvalue weighted by atomic mass is 9.84. The normalized spacial score (nSPS) is 24.8. The lowest BCUT2D eigenvalue weighted by Gasteiger charge is -2.29. The highest BCUT2D eigenvalue weighted by Gasteiger charge is 2.25. The van der Waals surface area contributed by atoms with Crippen molar-refractivity contribution < 1.29 is 9.63 Å². The Bertz CT molecular complexity index is 599. The van der Waals surface area contributed by atoms with Crippen molar-refractivity contribution in [3.05, 3.63) is 29.7 Å². The summed E-state index contributed by atoms with van der Waals surface area (Å²) in [6, 6.07) is 0. The van der Waals surface area contributed by atoms with Gasteiger partial charge in [0.1, 0.15) is 12.4 Å². The number of nitrogens with zero attached hydrogens (tertiary/aromatic N) is 2. The first-order chi connectivity index (χ1) is 13.2. The second kappa shape index (κ2) is 10.2. The number of piperidine rings is 1. The molecule has 4 heteroatoms. The van der Waals surface area contributed by atoms with Crippen LogP contribution in [0.25, 0.3) is 0 Å². The number of Topliss-reactive ketones (excluding diaryl/α,β-unsaturated/α-hetero) is 1. The van der Waals surface area contributed by atoms with Crippen LogP contribution in [0.15, 0.2) is 28.5 Å². The van der Waals surface area contributed by atoms with Gasteiger partial charge in [0.25, 0.3) is 0 Å². The maximum absolute atomic E-state index is 11.7. The van der Waals surface area contributed by atoms with E-state index in [-0.39, 0.29) is 0 Å². The van der Waals surface area contributed by atoms with E-state index in [0.717, 1.165) is 31.5 Å². The van der Waals surface area contributed by atoms with E-state index in [4.69, 9.17) is 4.84 Å². The number of hydrogen-bond acceptors (Lipinski definition) is 4. The lowest BCUT2D eigenvalue weighted by molar-refractivity contribution is -0.118. The fourth-order valence-electron chi connectivity index (χ4n) is 4.20. The zero-order valence-corrected chi connectivity index (χ0v) is 17.1. The monoisotopic (exact) mass is 371 g/mol. The summed E-state index contributed by atoms with van der Waals surface area (Å²) in [4.78, 5) is 20.1. The molecule has 0 spiro atoms. The van der Waals surface area contributed by atoms with E-state index >= 15 is 0 Å². The van der Waals surface area contributed by atoms with Gasteiger partial charge in [-0.15, -0.1) is 0 Å². The molecule has 0 amide bonds. The second-order valence-electron chi connectivity index (χ2n) is 8.33. The van der Waals surface area contributed by atoms with Gasteiger partial charge < -0.3 is 9.74 Å². The van der Waals surface area contributed by atoms with Crippen molar-refractivity contribution in [2.75, 3.05) is 26.2 Å². The molecule has 2 atom stereocenters. The van der Waals surface area contributed by atoms with Gasteiger partial charge in [-0.3, -0.25) is 4.79 Å². The molecule has 3 rings (SSSR count). The fraction of sp³-hybridized carbons (Fsp3) is 0.696. The largest absolute Gasteiger partial charge is 0.395 e. The van der Waals surface area contributed by atoms with Gasteiger partial charge in [-0.1, -0.05) is 41.8 Å². The van der Waals surface area contributed by atoms with E-state index in [2.05, 4.69) is 35.6 Å². The van der Waals surface area contributed by atoms with Crippen molar-refractivity contribution in [2.24, 2.45) is 17.0 Å². The Morgan fingerprint density at radius 2 is 2.11 bits per heavy atom. The average molecular weight is 372 g/mol. The molecule has 1 aliphatic heterocycles. The Morgan fingerprint density at radius 1 is 1.33 bits per heavy atom. The number of carbonyl (C=O) groups is 1. The molecule has 27 heavy (non-hydrogen) atoms. The maximum atomic E-state index is 11.7. The van der Waals surface area contributed by atoms with Crippen LogP contribution in [0.3, 0.4) is 0 Å². The van der Waals surface area contributed by atoms with Crippen LogP contribution < -0.4 is 0 Å². The lowest BCUT2D eigenvalue weighted by Crippen LogP contribution is -2.35. The summed E-state index contributed by atoms with van der Waals surface area (Å²) in [6.45, 7) is 8.22. The highest BCUT2D eigenvalue weighted by Crippen LogP contribution is 2.30. The molecular weight excluding hydrogens is 336 g/mol. The standard InChI is InChI=1S/C23H35N2O2/c1-3-23(26)15-19-8-7-9-21(14-19)18(2)24-27-17-22(20-10-11-20)16-25-12-5-4-6-13-25/h8,10-11,21-22H,3-7,9,12-17H2,1-2H3/b24-18+. The van der Waals surface area contributed by atoms with E-state index in [9.17, 15) is 4.79 Å². The zero-order valence-electron chi connectivity index (χ0n) is 17.1. The third-order valence-corrected chi connectivity index (χ3v) is 6.11. The molecule has 0 aromatic carbocycles. The molecule has 1 fully saturated rings. The van der Waals surface area contributed by atoms with Crippen LogP contribution in [0.1, 0.15) is 65.2 Å². The first-order valence-corrected chi connectivity index (χ1v) is 10.8. The number of rotatable bonds is 10. The van der Waals surface area contributed by atoms with E-state index < -0.39 is 0 Å². The summed E-state index contributed by atoms with van der Waals surface area (Å²) in [5, 5.41) is 4.47. The van der Waals surface area contributed by atoms with Crippen LogP contribution in [0, 0.1) is 18.3 Å². The zero-order chi connectivity index (χ0) is 19.1. The SMILES string of the molecule is CCC(=O)CC1=CCCC(/C(C)=N/OCC(CN2CCCCC2)C2=C[CH]2)C1. The molecule has 1 heterocycles. The molecule has 0 aromatic heterocycles. The van der Waals surface area contributed by atoms with Gasteiger partial charge in [0, 0.05) is 37.6 Å². The van der Waals surface area contributed by atoms with Crippen molar-refractivity contribution in [3.8, 4) is 0 Å². The quantitative estimate of drug-likeness (QED) is 0.317. The summed E-state index contributed by atoms with van der Waals surface area (Å²) in [5.74, 6) is 1.20. The molecule has 2 unspecified atom stereocenters. The molecule has 0 aromatic rings. The molecule has 0 bridgehead atoms. The van der Waals surface area contributed by atoms with E-state index in [1.54, 1.807) is 0 Å². The van der Waals surface area contributed by atoms with Crippen molar-refractivity contribution in [1.82, 2.24) is 4.90 Å². The molecule has 0 saturated carbocycles. The van der Waals surface area contributed by atoms with E-state index in [1.807, 2.05) is 6.92 Å². The topological polar surface area (TPSA) is 41.9 Å². The first-order valence-electron chi connectivity index (χ1n) is 10.8. The van der Waals surface area contributed by atoms with Gasteiger partial charge in [-0.05, 0) is 52.1 Å². The van der Waals surface area contributed by atoms with Gasteiger partial charge in [-0.2, -0.15) is 0 Å². The average Bonchev–Trinajstić information content (AvgIpc) is 3.53. The highest BCUT2D eigenvalue weighted by atomic mass is 16.6. The molecular formula is C23H35N2O2. The van der Waals surface area contributed by atoms with Crippen LogP contribution in [0.5, 0.6) is 0 Å². The predicted octanol–water partition coefficient (Wildman–Crippen LogP) is 4.72. The minimum absolute atomic E-state index is 0.335. The van der Waals surface area contributed by atoms with Crippen molar-refractivity contribution in [2.45, 2.75) is 65.2 Å². The van der Waals surface area contributed by atoms with Gasteiger partial charge in [0.15, 0.2) is 0 Å². The molecule has 149 valence electrons. The summed E-state index contributed by atoms with van der Waals surface area (Å²) in [5.41, 5.74) is 3.79. The van der Waals surface area contributed by atoms with E-state index in [0.29, 0.717) is 37.1 Å². The minimum Gasteiger partial charge on any atom is -0.395 e. The Kier molecular flexibility index (Phi) is 7.69. The third-order valence-electron chi connectivity index (χ3n) is 6.11. The molecule has 3 aliphatic rings. The van der Waals surface area contributed by atoms with Crippen LogP contribution in [0.2, 0.25) is 0 Å². The summed E-state index contributed by atoms with van der Waals surface area (Å²) < 4.78 is 0. The minimum atomic E-state index is 0.335. The third kappa shape index (κ3) is 6.60. The van der Waals surface area contributed by atoms with Gasteiger partial charge >= 0.3 is 0 Å². The number of carbonyl (C=O) groups excluding carboxylic acids is 1. The summed E-state index contributed by atoms with van der Waals surface area (Å²) in [7, 11) is 0. The Morgan fingerprint density at radius 3 is 2.81 bits per heavy atom. The highest BCUT2D eigenvalue weighted by molar-refractivity contribution is 5.85. The van der Waals surface area contributed by atoms with Crippen LogP contribution in [0.4, 0.5) is 0 Å². The van der Waals surface area contributed by atoms with Gasteiger partial charge in [0.05, 0.1) is 5.71 Å². The fourth-order valence-corrected chi connectivity index (χ4v) is 4.20. The molecule has 1 radical (unpaired) electrons. The van der Waals surface area contributed by atoms with Crippen LogP contribution >= 0.6 is 0 Å². The first kappa shape index (κ1) is 20.3. The number of ketones is 1. The van der Waals surface area contributed by atoms with Crippen LogP contribution in [-0.4, -0.2) is 42.6 Å². The summed E-state index contributed by atoms with van der Waals surface area (Å²) >= 11 is 0. The Hall–Kier alpha value is -1.42. The Labute approximate surface area is 164 Å². The van der Waals surface area contributed by atoms with Crippen molar-refractivity contribution in [1.29, 1.82) is 0 Å². The van der Waals surface area contributed by atoms with Crippen LogP contribution in [-0.2, 0) is 9.63 Å². The number of hydrogen-bond donors (Lipinski definition) is 0. The molecule has 4 nitrogen and oxygen atoms in total. The van der Waals surface area contributed by atoms with Gasteiger partial charge in [0.2, 0.25) is 0 Å².